The first kappa shape index (κ1) is 21.0. The highest BCUT2D eigenvalue weighted by molar-refractivity contribution is 7.89. The quantitative estimate of drug-likeness (QED) is 0.757. The van der Waals surface area contributed by atoms with Crippen molar-refractivity contribution in [3.63, 3.8) is 0 Å². The maximum absolute atomic E-state index is 12.5. The van der Waals surface area contributed by atoms with Gasteiger partial charge in [0.25, 0.3) is 5.91 Å². The topological polar surface area (TPSA) is 66.5 Å². The molecule has 1 unspecified atom stereocenters. The predicted molar refractivity (Wildman–Crippen MR) is 105 cm³/mol. The maximum Gasteiger partial charge on any atom is 0.251 e. The van der Waals surface area contributed by atoms with E-state index < -0.39 is 22.0 Å². The number of nitrogens with one attached hydrogen (secondary N) is 1. The Morgan fingerprint density at radius 3 is 2.27 bits per heavy atom. The number of rotatable bonds is 5. The average Bonchev–Trinajstić information content (AvgIpc) is 2.54. The highest BCUT2D eigenvalue weighted by atomic mass is 35.5. The van der Waals surface area contributed by atoms with Gasteiger partial charge in [-0.1, -0.05) is 40.9 Å². The number of nitrogens with zero attached hydrogens (tertiary/aromatic N) is 1. The molecular weight excluding hydrogens is 419 g/mol. The largest absolute Gasteiger partial charge is 0.345 e. The van der Waals surface area contributed by atoms with Crippen LogP contribution in [-0.4, -0.2) is 32.7 Å². The lowest BCUT2D eigenvalue weighted by Gasteiger charge is -2.17. The Bertz CT molecular complexity index is 946. The van der Waals surface area contributed by atoms with Gasteiger partial charge < -0.3 is 5.32 Å². The molecule has 0 bridgehead atoms. The van der Waals surface area contributed by atoms with Crippen LogP contribution in [0.15, 0.2) is 41.3 Å². The van der Waals surface area contributed by atoms with E-state index in [4.69, 9.17) is 34.8 Å². The summed E-state index contributed by atoms with van der Waals surface area (Å²) in [6.07, 6.45) is 0. The van der Waals surface area contributed by atoms with E-state index in [0.717, 1.165) is 4.31 Å². The number of hydrogen-bond donors (Lipinski definition) is 1. The van der Waals surface area contributed by atoms with Crippen LogP contribution < -0.4 is 5.32 Å². The maximum atomic E-state index is 12.5. The van der Waals surface area contributed by atoms with Crippen molar-refractivity contribution >= 4 is 50.7 Å². The third-order valence-electron chi connectivity index (χ3n) is 3.73. The Kier molecular flexibility index (Phi) is 6.58. The van der Waals surface area contributed by atoms with Crippen LogP contribution in [0.25, 0.3) is 0 Å². The average molecular weight is 436 g/mol. The number of carbonyl (C=O) groups is 1. The lowest BCUT2D eigenvalue weighted by atomic mass is 10.1. The molecule has 2 aromatic carbocycles. The Hall–Kier alpha value is -1.31. The molecule has 5 nitrogen and oxygen atoms in total. The van der Waals surface area contributed by atoms with Gasteiger partial charge in [0.15, 0.2) is 0 Å². The monoisotopic (exact) mass is 434 g/mol. The van der Waals surface area contributed by atoms with Crippen LogP contribution in [0, 0.1) is 0 Å². The Morgan fingerprint density at radius 2 is 1.69 bits per heavy atom. The van der Waals surface area contributed by atoms with Gasteiger partial charge in [0.05, 0.1) is 11.1 Å². The fraction of sp³-hybridized carbons (Fsp3) is 0.235. The van der Waals surface area contributed by atoms with Crippen LogP contribution in [0.3, 0.4) is 0 Å². The number of hydrogen-bond acceptors (Lipinski definition) is 3. The van der Waals surface area contributed by atoms with Gasteiger partial charge in [-0.25, -0.2) is 12.7 Å². The second kappa shape index (κ2) is 8.15. The molecule has 1 N–H and O–H groups in total. The lowest BCUT2D eigenvalue weighted by molar-refractivity contribution is 0.0939. The fourth-order valence-corrected chi connectivity index (χ4v) is 4.22. The van der Waals surface area contributed by atoms with Crippen molar-refractivity contribution in [2.75, 3.05) is 14.1 Å². The third kappa shape index (κ3) is 4.50. The normalized spacial score (nSPS) is 12.9. The molecular formula is C17H17Cl3N2O3S. The van der Waals surface area contributed by atoms with Crippen molar-refractivity contribution in [2.45, 2.75) is 17.9 Å². The zero-order valence-electron chi connectivity index (χ0n) is 14.3. The molecule has 0 saturated carbocycles. The number of amides is 1. The summed E-state index contributed by atoms with van der Waals surface area (Å²) in [5.41, 5.74) is 0.867. The van der Waals surface area contributed by atoms with Crippen molar-refractivity contribution in [2.24, 2.45) is 0 Å². The third-order valence-corrected chi connectivity index (χ3v) is 6.59. The first-order valence-corrected chi connectivity index (χ1v) is 10.1. The van der Waals surface area contributed by atoms with Gasteiger partial charge in [0.2, 0.25) is 10.0 Å². The van der Waals surface area contributed by atoms with E-state index in [1.54, 1.807) is 25.1 Å². The van der Waals surface area contributed by atoms with Crippen LogP contribution in [0.4, 0.5) is 0 Å². The molecule has 9 heteroatoms. The summed E-state index contributed by atoms with van der Waals surface area (Å²) in [6.45, 7) is 1.76. The first-order valence-electron chi connectivity index (χ1n) is 7.52. The van der Waals surface area contributed by atoms with Crippen LogP contribution in [-0.2, 0) is 10.0 Å². The molecule has 140 valence electrons. The zero-order valence-corrected chi connectivity index (χ0v) is 17.3. The molecule has 0 heterocycles. The Morgan fingerprint density at radius 1 is 1.04 bits per heavy atom. The van der Waals surface area contributed by atoms with Gasteiger partial charge in [-0.15, -0.1) is 0 Å². The van der Waals surface area contributed by atoms with Gasteiger partial charge in [0, 0.05) is 29.7 Å². The molecule has 1 atom stereocenters. The van der Waals surface area contributed by atoms with Crippen molar-refractivity contribution in [3.05, 3.63) is 62.6 Å². The molecule has 0 fully saturated rings. The summed E-state index contributed by atoms with van der Waals surface area (Å²) < 4.78 is 25.7. The van der Waals surface area contributed by atoms with E-state index in [-0.39, 0.29) is 15.5 Å². The molecule has 2 rings (SSSR count). The number of carbonyl (C=O) groups excluding carboxylic acids is 1. The number of sulfonamides is 1. The van der Waals surface area contributed by atoms with Crippen LogP contribution >= 0.6 is 34.8 Å². The Labute approximate surface area is 167 Å². The van der Waals surface area contributed by atoms with E-state index in [0.29, 0.717) is 15.6 Å². The highest BCUT2D eigenvalue weighted by Gasteiger charge is 2.23. The predicted octanol–water partition coefficient (Wildman–Crippen LogP) is 4.39. The van der Waals surface area contributed by atoms with Crippen LogP contribution in [0.2, 0.25) is 15.1 Å². The van der Waals surface area contributed by atoms with E-state index in [1.807, 2.05) is 0 Å². The molecule has 2 aromatic rings. The zero-order chi connectivity index (χ0) is 19.6. The molecule has 0 aliphatic rings. The van der Waals surface area contributed by atoms with Gasteiger partial charge in [-0.2, -0.15) is 0 Å². The standard InChI is InChI=1S/C17H17Cl3N2O3S/c1-10(13-6-5-12(18)9-15(13)20)21-17(23)11-4-7-14(19)16(8-11)26(24,25)22(2)3/h4-10H,1-3H3,(H,21,23). The van der Waals surface area contributed by atoms with E-state index in [2.05, 4.69) is 5.32 Å². The van der Waals surface area contributed by atoms with Crippen LogP contribution in [0.1, 0.15) is 28.9 Å². The van der Waals surface area contributed by atoms with Crippen molar-refractivity contribution < 1.29 is 13.2 Å². The van der Waals surface area contributed by atoms with Crippen molar-refractivity contribution in [1.82, 2.24) is 9.62 Å². The molecule has 0 aliphatic carbocycles. The highest BCUT2D eigenvalue weighted by Crippen LogP contribution is 2.27. The Balaban J connectivity index is 2.30. The second-order valence-electron chi connectivity index (χ2n) is 5.79. The van der Waals surface area contributed by atoms with Gasteiger partial charge in [-0.05, 0) is 42.8 Å². The fourth-order valence-electron chi connectivity index (χ4n) is 2.25. The molecule has 1 amide bonds. The summed E-state index contributed by atoms with van der Waals surface area (Å²) in [5, 5.41) is 3.75. The SMILES string of the molecule is CC(NC(=O)c1ccc(Cl)c(S(=O)(=O)N(C)C)c1)c1ccc(Cl)cc1Cl. The lowest BCUT2D eigenvalue weighted by Crippen LogP contribution is -2.27. The minimum Gasteiger partial charge on any atom is -0.345 e. The number of halogens is 3. The minimum absolute atomic E-state index is 0.0454. The van der Waals surface area contributed by atoms with Crippen molar-refractivity contribution in [3.8, 4) is 0 Å². The van der Waals surface area contributed by atoms with E-state index in [9.17, 15) is 13.2 Å². The summed E-state index contributed by atoms with van der Waals surface area (Å²) >= 11 is 18.0. The van der Waals surface area contributed by atoms with Gasteiger partial charge in [-0.3, -0.25) is 4.79 Å². The number of benzene rings is 2. The summed E-state index contributed by atoms with van der Waals surface area (Å²) in [4.78, 5) is 12.4. The molecule has 0 aliphatic heterocycles. The smallest absolute Gasteiger partial charge is 0.251 e. The first-order chi connectivity index (χ1) is 12.0. The minimum atomic E-state index is -3.77. The summed E-state index contributed by atoms with van der Waals surface area (Å²) in [7, 11) is -0.986. The van der Waals surface area contributed by atoms with E-state index >= 15 is 0 Å². The molecule has 0 aromatic heterocycles. The molecule has 0 radical (unpaired) electrons. The van der Waals surface area contributed by atoms with Gasteiger partial charge >= 0.3 is 0 Å². The second-order valence-corrected chi connectivity index (χ2v) is 9.16. The summed E-state index contributed by atoms with van der Waals surface area (Å²) in [5.74, 6) is -0.449. The van der Waals surface area contributed by atoms with Gasteiger partial charge in [0.1, 0.15) is 4.90 Å². The molecule has 0 spiro atoms. The molecule has 0 saturated heterocycles. The van der Waals surface area contributed by atoms with E-state index in [1.165, 1.54) is 32.3 Å². The van der Waals surface area contributed by atoms with Crippen molar-refractivity contribution in [1.29, 1.82) is 0 Å². The molecule has 26 heavy (non-hydrogen) atoms. The summed E-state index contributed by atoms with van der Waals surface area (Å²) in [6, 6.07) is 8.68. The van der Waals surface area contributed by atoms with Crippen LogP contribution in [0.5, 0.6) is 0 Å².